The van der Waals surface area contributed by atoms with E-state index in [4.69, 9.17) is 11.6 Å². The maximum absolute atomic E-state index is 13.5. The lowest BCUT2D eigenvalue weighted by Gasteiger charge is -2.05. The van der Waals surface area contributed by atoms with E-state index in [1.165, 1.54) is 12.1 Å². The first kappa shape index (κ1) is 15.6. The predicted molar refractivity (Wildman–Crippen MR) is 68.7 cm³/mol. The Labute approximate surface area is 124 Å². The smallest absolute Gasteiger partial charge is 0.300 e. The number of amides is 1. The van der Waals surface area contributed by atoms with E-state index >= 15 is 0 Å². The molecule has 2 rings (SSSR count). The van der Waals surface area contributed by atoms with E-state index in [1.807, 2.05) is 0 Å². The van der Waals surface area contributed by atoms with Crippen molar-refractivity contribution in [2.45, 2.75) is 12.6 Å². The molecule has 0 aliphatic heterocycles. The van der Waals surface area contributed by atoms with Gasteiger partial charge >= 0.3 is 6.18 Å². The monoisotopic (exact) mass is 339 g/mol. The summed E-state index contributed by atoms with van der Waals surface area (Å²) in [5, 5.41) is 6.78. The van der Waals surface area contributed by atoms with Gasteiger partial charge in [-0.15, -0.1) is 10.2 Å². The average Bonchev–Trinajstić information content (AvgIpc) is 2.82. The lowest BCUT2D eigenvalue weighted by molar-refractivity contribution is -0.138. The molecule has 1 aromatic carbocycles. The Bertz CT molecular complexity index is 653. The molecule has 0 aliphatic carbocycles. The third-order valence-electron chi connectivity index (χ3n) is 2.31. The summed E-state index contributed by atoms with van der Waals surface area (Å²) in [7, 11) is 0. The highest BCUT2D eigenvalue weighted by molar-refractivity contribution is 7.15. The first-order valence-electron chi connectivity index (χ1n) is 5.41. The molecule has 10 heteroatoms. The first-order chi connectivity index (χ1) is 9.77. The normalized spacial score (nSPS) is 11.5. The van der Waals surface area contributed by atoms with Gasteiger partial charge in [-0.1, -0.05) is 29.0 Å². The zero-order chi connectivity index (χ0) is 15.6. The zero-order valence-electron chi connectivity index (χ0n) is 10.0. The number of carbonyl (C=O) groups is 1. The van der Waals surface area contributed by atoms with Crippen LogP contribution >= 0.6 is 22.9 Å². The largest absolute Gasteiger partial charge is 0.445 e. The lowest BCUT2D eigenvalue weighted by atomic mass is 10.1. The molecule has 21 heavy (non-hydrogen) atoms. The van der Waals surface area contributed by atoms with Crippen LogP contribution in [-0.4, -0.2) is 16.1 Å². The minimum atomic E-state index is -4.63. The maximum Gasteiger partial charge on any atom is 0.445 e. The number of benzene rings is 1. The molecule has 0 saturated heterocycles. The number of aromatic nitrogens is 2. The summed E-state index contributed by atoms with van der Waals surface area (Å²) in [6.45, 7) is 0. The van der Waals surface area contributed by atoms with Gasteiger partial charge in [0, 0.05) is 10.6 Å². The molecule has 1 amide bonds. The van der Waals surface area contributed by atoms with Gasteiger partial charge in [-0.2, -0.15) is 13.2 Å². The van der Waals surface area contributed by atoms with Crippen LogP contribution in [0.25, 0.3) is 0 Å². The van der Waals surface area contributed by atoms with Gasteiger partial charge in [0.1, 0.15) is 5.82 Å². The molecule has 0 atom stereocenters. The van der Waals surface area contributed by atoms with Crippen LogP contribution in [0.2, 0.25) is 5.02 Å². The highest BCUT2D eigenvalue weighted by Gasteiger charge is 2.35. The molecule has 0 aliphatic rings. The van der Waals surface area contributed by atoms with Gasteiger partial charge < -0.3 is 5.32 Å². The molecular formula is C11H6ClF4N3OS. The van der Waals surface area contributed by atoms with Gasteiger partial charge in [0.25, 0.3) is 0 Å². The number of nitrogens with one attached hydrogen (secondary N) is 1. The molecule has 0 spiro atoms. The minimum Gasteiger partial charge on any atom is -0.300 e. The van der Waals surface area contributed by atoms with Crippen molar-refractivity contribution in [3.05, 3.63) is 39.6 Å². The van der Waals surface area contributed by atoms with Crippen LogP contribution in [0.1, 0.15) is 10.6 Å². The fourth-order valence-corrected chi connectivity index (χ4v) is 2.27. The zero-order valence-corrected chi connectivity index (χ0v) is 11.6. The first-order valence-corrected chi connectivity index (χ1v) is 6.60. The Hall–Kier alpha value is -1.74. The molecule has 112 valence electrons. The molecule has 0 radical (unpaired) electrons. The van der Waals surface area contributed by atoms with Crippen LogP contribution in [0.5, 0.6) is 0 Å². The van der Waals surface area contributed by atoms with Gasteiger partial charge in [-0.3, -0.25) is 4.79 Å². The predicted octanol–water partition coefficient (Wildman–Crippen LogP) is 3.53. The number of halogens is 5. The molecule has 1 aromatic heterocycles. The molecule has 0 bridgehead atoms. The lowest BCUT2D eigenvalue weighted by Crippen LogP contribution is -2.15. The van der Waals surface area contributed by atoms with E-state index in [-0.39, 0.29) is 27.1 Å². The highest BCUT2D eigenvalue weighted by atomic mass is 35.5. The van der Waals surface area contributed by atoms with Crippen molar-refractivity contribution in [3.8, 4) is 0 Å². The maximum atomic E-state index is 13.5. The summed E-state index contributed by atoms with van der Waals surface area (Å²) in [6.07, 6.45) is -5.05. The van der Waals surface area contributed by atoms with E-state index in [0.29, 0.717) is 0 Å². The number of anilines is 1. The fraction of sp³-hybridized carbons (Fsp3) is 0.182. The van der Waals surface area contributed by atoms with Crippen molar-refractivity contribution in [2.75, 3.05) is 5.32 Å². The second-order valence-corrected chi connectivity index (χ2v) is 5.22. The third-order valence-corrected chi connectivity index (χ3v) is 3.55. The Balaban J connectivity index is 2.07. The van der Waals surface area contributed by atoms with Crippen LogP contribution in [0.15, 0.2) is 18.2 Å². The Morgan fingerprint density at radius 3 is 2.62 bits per heavy atom. The molecule has 4 nitrogen and oxygen atoms in total. The molecule has 0 saturated carbocycles. The van der Waals surface area contributed by atoms with Crippen molar-refractivity contribution in [1.82, 2.24) is 10.2 Å². The molecular weight excluding hydrogens is 334 g/mol. The second kappa shape index (κ2) is 5.94. The van der Waals surface area contributed by atoms with Gasteiger partial charge in [-0.25, -0.2) is 4.39 Å². The average molecular weight is 340 g/mol. The second-order valence-electron chi connectivity index (χ2n) is 3.84. The van der Waals surface area contributed by atoms with Crippen molar-refractivity contribution < 1.29 is 22.4 Å². The number of rotatable bonds is 3. The van der Waals surface area contributed by atoms with Crippen LogP contribution in [-0.2, 0) is 17.4 Å². The number of alkyl halides is 3. The quantitative estimate of drug-likeness (QED) is 0.870. The van der Waals surface area contributed by atoms with E-state index in [1.54, 1.807) is 0 Å². The standard InChI is InChI=1S/C11H6ClF4N3OS/c12-6-2-1-3-7(13)5(6)4-8(20)17-10-19-18-9(21-10)11(14,15)16/h1-3H,4H2,(H,17,19,20). The van der Waals surface area contributed by atoms with Crippen molar-refractivity contribution in [3.63, 3.8) is 0 Å². The minimum absolute atomic E-state index is 0.0442. The Kier molecular flexibility index (Phi) is 4.43. The summed E-state index contributed by atoms with van der Waals surface area (Å²) in [5.74, 6) is -1.42. The SMILES string of the molecule is O=C(Cc1c(F)cccc1Cl)Nc1nnc(C(F)(F)F)s1. The Morgan fingerprint density at radius 1 is 1.33 bits per heavy atom. The van der Waals surface area contributed by atoms with Crippen LogP contribution in [0.3, 0.4) is 0 Å². The molecule has 0 fully saturated rings. The van der Waals surface area contributed by atoms with E-state index in [2.05, 4.69) is 15.5 Å². The van der Waals surface area contributed by atoms with Crippen molar-refractivity contribution in [2.24, 2.45) is 0 Å². The van der Waals surface area contributed by atoms with Crippen molar-refractivity contribution >= 4 is 34.0 Å². The third kappa shape index (κ3) is 3.88. The summed E-state index contributed by atoms with van der Waals surface area (Å²) in [4.78, 5) is 11.7. The topological polar surface area (TPSA) is 54.9 Å². The van der Waals surface area contributed by atoms with Gasteiger partial charge in [-0.05, 0) is 12.1 Å². The molecule has 1 N–H and O–H groups in total. The van der Waals surface area contributed by atoms with Gasteiger partial charge in [0.2, 0.25) is 16.0 Å². The number of carbonyl (C=O) groups excluding carboxylic acids is 1. The molecule has 1 heterocycles. The van der Waals surface area contributed by atoms with Crippen LogP contribution < -0.4 is 5.32 Å². The number of hydrogen-bond acceptors (Lipinski definition) is 4. The summed E-state index contributed by atoms with van der Waals surface area (Å²) in [6, 6.07) is 3.90. The van der Waals surface area contributed by atoms with E-state index in [9.17, 15) is 22.4 Å². The number of nitrogens with zero attached hydrogens (tertiary/aromatic N) is 2. The van der Waals surface area contributed by atoms with E-state index < -0.39 is 29.3 Å². The fourth-order valence-electron chi connectivity index (χ4n) is 1.41. The Morgan fingerprint density at radius 2 is 2.05 bits per heavy atom. The summed E-state index contributed by atoms with van der Waals surface area (Å²) < 4.78 is 50.4. The summed E-state index contributed by atoms with van der Waals surface area (Å²) in [5.41, 5.74) is -0.0442. The molecule has 0 unspecified atom stereocenters. The van der Waals surface area contributed by atoms with Crippen LogP contribution in [0.4, 0.5) is 22.7 Å². The summed E-state index contributed by atoms with van der Waals surface area (Å²) >= 11 is 5.93. The number of hydrogen-bond donors (Lipinski definition) is 1. The van der Waals surface area contributed by atoms with Crippen LogP contribution in [0, 0.1) is 5.82 Å². The van der Waals surface area contributed by atoms with Gasteiger partial charge in [0.05, 0.1) is 6.42 Å². The van der Waals surface area contributed by atoms with Crippen molar-refractivity contribution in [1.29, 1.82) is 0 Å². The molecule has 2 aromatic rings. The highest BCUT2D eigenvalue weighted by Crippen LogP contribution is 2.33. The van der Waals surface area contributed by atoms with E-state index in [0.717, 1.165) is 6.07 Å². The van der Waals surface area contributed by atoms with Gasteiger partial charge in [0.15, 0.2) is 0 Å².